The van der Waals surface area contributed by atoms with Crippen molar-refractivity contribution < 1.29 is 18.0 Å². The number of hydrogen-bond acceptors (Lipinski definition) is 4. The maximum Gasteiger partial charge on any atom is 0.243 e. The summed E-state index contributed by atoms with van der Waals surface area (Å²) in [5, 5.41) is 0. The lowest BCUT2D eigenvalue weighted by Gasteiger charge is -2.36. The number of carbonyl (C=O) groups is 2. The Balaban J connectivity index is 1.29. The third-order valence-corrected chi connectivity index (χ3v) is 8.79. The molecule has 170 valence electrons. The summed E-state index contributed by atoms with van der Waals surface area (Å²) in [5.41, 5.74) is 0.812. The van der Waals surface area contributed by atoms with Crippen LogP contribution in [0.4, 0.5) is 0 Å². The van der Waals surface area contributed by atoms with E-state index >= 15 is 0 Å². The molecule has 0 unspecified atom stereocenters. The molecular formula is C23H33N3O4S. The molecular weight excluding hydrogens is 414 g/mol. The highest BCUT2D eigenvalue weighted by molar-refractivity contribution is 7.89. The van der Waals surface area contributed by atoms with Crippen molar-refractivity contribution in [2.24, 2.45) is 5.92 Å². The van der Waals surface area contributed by atoms with Gasteiger partial charge >= 0.3 is 0 Å². The molecule has 3 fully saturated rings. The summed E-state index contributed by atoms with van der Waals surface area (Å²) in [7, 11) is -3.45. The van der Waals surface area contributed by atoms with Crippen LogP contribution in [0.2, 0.25) is 0 Å². The first kappa shape index (κ1) is 22.3. The predicted molar refractivity (Wildman–Crippen MR) is 118 cm³/mol. The van der Waals surface area contributed by atoms with Crippen molar-refractivity contribution in [3.05, 3.63) is 29.8 Å². The summed E-state index contributed by atoms with van der Waals surface area (Å²) in [6, 6.07) is 6.72. The fourth-order valence-electron chi connectivity index (χ4n) is 4.93. The molecule has 3 aliphatic rings. The van der Waals surface area contributed by atoms with Crippen LogP contribution < -0.4 is 0 Å². The molecule has 31 heavy (non-hydrogen) atoms. The Morgan fingerprint density at radius 3 is 1.97 bits per heavy atom. The fourth-order valence-corrected chi connectivity index (χ4v) is 6.44. The number of rotatable bonds is 5. The molecule has 2 saturated heterocycles. The second-order valence-electron chi connectivity index (χ2n) is 8.97. The lowest BCUT2D eigenvalue weighted by atomic mass is 10.1. The fraction of sp³-hybridized carbons (Fsp3) is 0.652. The molecule has 0 aromatic heterocycles. The second-order valence-corrected chi connectivity index (χ2v) is 10.9. The van der Waals surface area contributed by atoms with Crippen LogP contribution in [0.15, 0.2) is 29.2 Å². The van der Waals surface area contributed by atoms with Crippen LogP contribution >= 0.6 is 0 Å². The third-order valence-electron chi connectivity index (χ3n) is 6.88. The highest BCUT2D eigenvalue weighted by Crippen LogP contribution is 2.27. The molecule has 2 aliphatic heterocycles. The molecule has 0 bridgehead atoms. The quantitative estimate of drug-likeness (QED) is 0.694. The summed E-state index contributed by atoms with van der Waals surface area (Å²) in [5.74, 6) is 0.469. The minimum atomic E-state index is -3.45. The average Bonchev–Trinajstić information content (AvgIpc) is 3.35. The van der Waals surface area contributed by atoms with Gasteiger partial charge in [-0.1, -0.05) is 31.4 Å². The zero-order valence-electron chi connectivity index (χ0n) is 18.2. The lowest BCUT2D eigenvalue weighted by molar-refractivity contribution is -0.141. The van der Waals surface area contributed by atoms with Crippen LogP contribution in [0, 0.1) is 5.92 Å². The molecule has 1 aliphatic carbocycles. The number of piperidine rings is 1. The van der Waals surface area contributed by atoms with Crippen LogP contribution in [0.5, 0.6) is 0 Å². The smallest absolute Gasteiger partial charge is 0.243 e. The van der Waals surface area contributed by atoms with Crippen molar-refractivity contribution in [2.45, 2.75) is 56.3 Å². The Labute approximate surface area is 185 Å². The topological polar surface area (TPSA) is 78.0 Å². The second kappa shape index (κ2) is 9.69. The summed E-state index contributed by atoms with van der Waals surface area (Å²) in [4.78, 5) is 29.3. The van der Waals surface area contributed by atoms with Gasteiger partial charge < -0.3 is 9.80 Å². The van der Waals surface area contributed by atoms with E-state index in [0.29, 0.717) is 44.2 Å². The maximum atomic E-state index is 12.8. The predicted octanol–water partition coefficient (Wildman–Crippen LogP) is 2.26. The minimum Gasteiger partial charge on any atom is -0.339 e. The highest BCUT2D eigenvalue weighted by atomic mass is 32.2. The normalized spacial score (nSPS) is 21.4. The van der Waals surface area contributed by atoms with E-state index in [0.717, 1.165) is 50.5 Å². The monoisotopic (exact) mass is 447 g/mol. The van der Waals surface area contributed by atoms with Gasteiger partial charge in [0.15, 0.2) is 0 Å². The number of nitrogens with zero attached hydrogens (tertiary/aromatic N) is 3. The average molecular weight is 448 g/mol. The molecule has 1 aromatic carbocycles. The third kappa shape index (κ3) is 5.12. The maximum absolute atomic E-state index is 12.8. The Morgan fingerprint density at radius 2 is 1.35 bits per heavy atom. The SMILES string of the molecule is O=C(Cc1ccc(S(=O)(=O)N2CCCCC2)cc1)N1CCN(C(=O)C2CCCC2)CC1. The standard InChI is InChI=1S/C23H33N3O4S/c27-22(24-14-16-25(17-15-24)23(28)20-6-2-3-7-20)18-19-8-10-21(11-9-19)31(29,30)26-12-4-1-5-13-26/h8-11,20H,1-7,12-18H2. The van der Waals surface area contributed by atoms with Crippen molar-refractivity contribution in [3.8, 4) is 0 Å². The summed E-state index contributed by atoms with van der Waals surface area (Å²) >= 11 is 0. The number of sulfonamides is 1. The van der Waals surface area contributed by atoms with E-state index in [1.54, 1.807) is 28.6 Å². The Kier molecular flexibility index (Phi) is 6.96. The molecule has 0 spiro atoms. The molecule has 0 N–H and O–H groups in total. The molecule has 0 radical (unpaired) electrons. The van der Waals surface area contributed by atoms with Crippen LogP contribution in [0.25, 0.3) is 0 Å². The number of amides is 2. The number of hydrogen-bond donors (Lipinski definition) is 0. The van der Waals surface area contributed by atoms with Gasteiger partial charge in [0.05, 0.1) is 11.3 Å². The molecule has 8 heteroatoms. The van der Waals surface area contributed by atoms with Crippen molar-refractivity contribution >= 4 is 21.8 Å². The summed E-state index contributed by atoms with van der Waals surface area (Å²) < 4.78 is 27.1. The van der Waals surface area contributed by atoms with Crippen molar-refractivity contribution in [1.29, 1.82) is 0 Å². The molecule has 0 atom stereocenters. The van der Waals surface area contributed by atoms with Crippen molar-refractivity contribution in [2.75, 3.05) is 39.3 Å². The summed E-state index contributed by atoms with van der Waals surface area (Å²) in [6.07, 6.45) is 7.44. The Bertz CT molecular complexity index is 880. The molecule has 7 nitrogen and oxygen atoms in total. The Morgan fingerprint density at radius 1 is 0.774 bits per heavy atom. The van der Waals surface area contributed by atoms with Gasteiger partial charge in [0.2, 0.25) is 21.8 Å². The van der Waals surface area contributed by atoms with Gasteiger partial charge in [0, 0.05) is 45.2 Å². The van der Waals surface area contributed by atoms with E-state index in [1.165, 1.54) is 0 Å². The van der Waals surface area contributed by atoms with E-state index in [2.05, 4.69) is 0 Å². The minimum absolute atomic E-state index is 0.0274. The molecule has 2 amide bonds. The Hall–Kier alpha value is -1.93. The largest absolute Gasteiger partial charge is 0.339 e. The van der Waals surface area contributed by atoms with Gasteiger partial charge in [-0.25, -0.2) is 8.42 Å². The van der Waals surface area contributed by atoms with Gasteiger partial charge in [-0.05, 0) is 43.4 Å². The van der Waals surface area contributed by atoms with E-state index < -0.39 is 10.0 Å². The van der Waals surface area contributed by atoms with Crippen LogP contribution in [-0.2, 0) is 26.0 Å². The van der Waals surface area contributed by atoms with Gasteiger partial charge in [-0.2, -0.15) is 4.31 Å². The highest BCUT2D eigenvalue weighted by Gasteiger charge is 2.30. The first-order valence-corrected chi connectivity index (χ1v) is 13.0. The van der Waals surface area contributed by atoms with Gasteiger partial charge in [0.25, 0.3) is 0 Å². The first-order chi connectivity index (χ1) is 14.9. The van der Waals surface area contributed by atoms with Gasteiger partial charge in [-0.15, -0.1) is 0 Å². The summed E-state index contributed by atoms with van der Waals surface area (Å²) in [6.45, 7) is 3.51. The lowest BCUT2D eigenvalue weighted by Crippen LogP contribution is -2.52. The molecule has 1 aromatic rings. The van der Waals surface area contributed by atoms with Crippen molar-refractivity contribution in [3.63, 3.8) is 0 Å². The van der Waals surface area contributed by atoms with E-state index in [4.69, 9.17) is 0 Å². The van der Waals surface area contributed by atoms with Crippen LogP contribution in [0.3, 0.4) is 0 Å². The number of carbonyl (C=O) groups excluding carboxylic acids is 2. The zero-order chi connectivity index (χ0) is 21.8. The van der Waals surface area contributed by atoms with Gasteiger partial charge in [0.1, 0.15) is 0 Å². The molecule has 4 rings (SSSR count). The zero-order valence-corrected chi connectivity index (χ0v) is 19.0. The van der Waals surface area contributed by atoms with Crippen LogP contribution in [-0.4, -0.2) is 73.6 Å². The first-order valence-electron chi connectivity index (χ1n) is 11.6. The number of piperazine rings is 1. The number of benzene rings is 1. The van der Waals surface area contributed by atoms with E-state index in [9.17, 15) is 18.0 Å². The van der Waals surface area contributed by atoms with Crippen LogP contribution in [0.1, 0.15) is 50.5 Å². The van der Waals surface area contributed by atoms with Crippen molar-refractivity contribution in [1.82, 2.24) is 14.1 Å². The van der Waals surface area contributed by atoms with E-state index in [-0.39, 0.29) is 24.2 Å². The van der Waals surface area contributed by atoms with E-state index in [1.807, 2.05) is 9.80 Å². The van der Waals surface area contributed by atoms with Gasteiger partial charge in [-0.3, -0.25) is 9.59 Å². The molecule has 2 heterocycles. The molecule has 1 saturated carbocycles.